The summed E-state index contributed by atoms with van der Waals surface area (Å²) in [7, 11) is 0. The van der Waals surface area contributed by atoms with E-state index in [4.69, 9.17) is 5.26 Å². The second-order valence-electron chi connectivity index (χ2n) is 6.12. The molecule has 0 aliphatic carbocycles. The van der Waals surface area contributed by atoms with Gasteiger partial charge in [0.25, 0.3) is 5.91 Å². The summed E-state index contributed by atoms with van der Waals surface area (Å²) in [5.41, 5.74) is 0.663. The van der Waals surface area contributed by atoms with Crippen molar-refractivity contribution in [1.29, 1.82) is 5.26 Å². The Bertz CT molecular complexity index is 858. The molecule has 27 heavy (non-hydrogen) atoms. The molecule has 1 unspecified atom stereocenters. The molecule has 0 aromatic heterocycles. The van der Waals surface area contributed by atoms with Crippen LogP contribution in [-0.2, 0) is 0 Å². The lowest BCUT2D eigenvalue weighted by Crippen LogP contribution is -2.44. The van der Waals surface area contributed by atoms with E-state index in [0.717, 1.165) is 0 Å². The molecule has 2 aromatic rings. The van der Waals surface area contributed by atoms with Crippen LogP contribution in [0.4, 0.5) is 8.78 Å². The SMILES string of the molecule is CC(C)C(NC(=O)c1ccccc1OC(F)F)C(=O)c1ccc(C#N)cc1. The number of ketones is 1. The van der Waals surface area contributed by atoms with E-state index in [-0.39, 0.29) is 23.0 Å². The maximum Gasteiger partial charge on any atom is 0.387 e. The van der Waals surface area contributed by atoms with E-state index >= 15 is 0 Å². The lowest BCUT2D eigenvalue weighted by molar-refractivity contribution is -0.0501. The molecule has 2 aromatic carbocycles. The minimum atomic E-state index is -3.07. The molecule has 0 aliphatic rings. The average molecular weight is 372 g/mol. The zero-order valence-corrected chi connectivity index (χ0v) is 14.8. The Kier molecular flexibility index (Phi) is 6.61. The van der Waals surface area contributed by atoms with E-state index in [1.54, 1.807) is 13.8 Å². The predicted octanol–water partition coefficient (Wildman–Crippen LogP) is 3.80. The first-order valence-electron chi connectivity index (χ1n) is 8.22. The molecule has 0 fully saturated rings. The van der Waals surface area contributed by atoms with E-state index in [9.17, 15) is 18.4 Å². The van der Waals surface area contributed by atoms with Crippen molar-refractivity contribution in [2.75, 3.05) is 0 Å². The Labute approximate surface area is 155 Å². The smallest absolute Gasteiger partial charge is 0.387 e. The third-order valence-corrected chi connectivity index (χ3v) is 3.88. The van der Waals surface area contributed by atoms with E-state index < -0.39 is 18.6 Å². The summed E-state index contributed by atoms with van der Waals surface area (Å²) in [5, 5.41) is 11.4. The van der Waals surface area contributed by atoms with Gasteiger partial charge in [0.1, 0.15) is 5.75 Å². The average Bonchev–Trinajstić information content (AvgIpc) is 2.65. The van der Waals surface area contributed by atoms with Crippen molar-refractivity contribution in [3.8, 4) is 11.8 Å². The summed E-state index contributed by atoms with van der Waals surface area (Å²) >= 11 is 0. The fourth-order valence-electron chi connectivity index (χ4n) is 2.50. The fraction of sp³-hybridized carbons (Fsp3) is 0.250. The second-order valence-corrected chi connectivity index (χ2v) is 6.12. The normalized spacial score (nSPS) is 11.7. The minimum Gasteiger partial charge on any atom is -0.434 e. The number of nitrogens with zero attached hydrogens (tertiary/aromatic N) is 1. The summed E-state index contributed by atoms with van der Waals surface area (Å²) in [5.74, 6) is -1.54. The van der Waals surface area contributed by atoms with Crippen molar-refractivity contribution in [1.82, 2.24) is 5.32 Å². The number of nitrogens with one attached hydrogen (secondary N) is 1. The van der Waals surface area contributed by atoms with Crippen molar-refractivity contribution in [3.05, 3.63) is 65.2 Å². The van der Waals surface area contributed by atoms with Crippen molar-refractivity contribution < 1.29 is 23.1 Å². The van der Waals surface area contributed by atoms with Gasteiger partial charge in [0, 0.05) is 5.56 Å². The molecule has 1 amide bonds. The first-order chi connectivity index (χ1) is 12.8. The van der Waals surface area contributed by atoms with Crippen molar-refractivity contribution in [2.45, 2.75) is 26.5 Å². The van der Waals surface area contributed by atoms with Crippen LogP contribution in [0.15, 0.2) is 48.5 Å². The summed E-state index contributed by atoms with van der Waals surface area (Å²) in [6.45, 7) is 0.447. The molecule has 0 aliphatic heterocycles. The number of rotatable bonds is 7. The van der Waals surface area contributed by atoms with Crippen LogP contribution in [0.1, 0.15) is 40.1 Å². The number of carbonyl (C=O) groups is 2. The number of para-hydroxylation sites is 1. The van der Waals surface area contributed by atoms with Crippen LogP contribution in [-0.4, -0.2) is 24.3 Å². The summed E-state index contributed by atoms with van der Waals surface area (Å²) in [6.07, 6.45) is 0. The zero-order valence-electron chi connectivity index (χ0n) is 14.8. The van der Waals surface area contributed by atoms with Gasteiger partial charge >= 0.3 is 6.61 Å². The summed E-state index contributed by atoms with van der Waals surface area (Å²) in [6, 6.07) is 12.7. The number of ether oxygens (including phenoxy) is 1. The van der Waals surface area contributed by atoms with Gasteiger partial charge in [0.2, 0.25) is 0 Å². The highest BCUT2D eigenvalue weighted by atomic mass is 19.3. The van der Waals surface area contributed by atoms with Crippen LogP contribution in [0.25, 0.3) is 0 Å². The van der Waals surface area contributed by atoms with Crippen molar-refractivity contribution in [2.24, 2.45) is 5.92 Å². The molecule has 0 heterocycles. The molecule has 0 saturated carbocycles. The van der Waals surface area contributed by atoms with Crippen molar-refractivity contribution >= 4 is 11.7 Å². The van der Waals surface area contributed by atoms with Crippen LogP contribution in [0, 0.1) is 17.2 Å². The first-order valence-corrected chi connectivity index (χ1v) is 8.22. The Morgan fingerprint density at radius 1 is 1.07 bits per heavy atom. The highest BCUT2D eigenvalue weighted by molar-refractivity contribution is 6.05. The topological polar surface area (TPSA) is 79.2 Å². The van der Waals surface area contributed by atoms with E-state index in [0.29, 0.717) is 11.1 Å². The molecule has 1 atom stereocenters. The highest BCUT2D eigenvalue weighted by Crippen LogP contribution is 2.21. The van der Waals surface area contributed by atoms with Gasteiger partial charge in [-0.05, 0) is 30.2 Å². The minimum absolute atomic E-state index is 0.0870. The van der Waals surface area contributed by atoms with Gasteiger partial charge in [0.05, 0.1) is 23.2 Å². The van der Waals surface area contributed by atoms with E-state index in [1.165, 1.54) is 48.5 Å². The molecule has 140 valence electrons. The van der Waals surface area contributed by atoms with Gasteiger partial charge in [-0.3, -0.25) is 9.59 Å². The molecule has 0 bridgehead atoms. The largest absolute Gasteiger partial charge is 0.434 e. The molecule has 7 heteroatoms. The molecule has 0 spiro atoms. The van der Waals surface area contributed by atoms with Crippen LogP contribution in [0.2, 0.25) is 0 Å². The number of carbonyl (C=O) groups excluding carboxylic acids is 2. The van der Waals surface area contributed by atoms with Crippen LogP contribution in [0.5, 0.6) is 5.75 Å². The molecule has 1 N–H and O–H groups in total. The molecule has 0 saturated heterocycles. The zero-order chi connectivity index (χ0) is 20.0. The standard InChI is InChI=1S/C20H18F2N2O3/c1-12(2)17(18(25)14-9-7-13(11-23)8-10-14)24-19(26)15-5-3-4-6-16(15)27-20(21)22/h3-10,12,17,20H,1-2H3,(H,24,26). The molecule has 0 radical (unpaired) electrons. The molecule has 5 nitrogen and oxygen atoms in total. The number of hydrogen-bond acceptors (Lipinski definition) is 4. The lowest BCUT2D eigenvalue weighted by Gasteiger charge is -2.22. The van der Waals surface area contributed by atoms with Crippen LogP contribution < -0.4 is 10.1 Å². The Balaban J connectivity index is 2.24. The monoisotopic (exact) mass is 372 g/mol. The fourth-order valence-corrected chi connectivity index (χ4v) is 2.50. The van der Waals surface area contributed by atoms with Gasteiger partial charge in [-0.25, -0.2) is 0 Å². The van der Waals surface area contributed by atoms with Crippen molar-refractivity contribution in [3.63, 3.8) is 0 Å². The third kappa shape index (κ3) is 5.11. The van der Waals surface area contributed by atoms with Gasteiger partial charge in [-0.1, -0.05) is 38.1 Å². The Morgan fingerprint density at radius 2 is 1.70 bits per heavy atom. The van der Waals surface area contributed by atoms with Gasteiger partial charge in [-0.15, -0.1) is 0 Å². The molecular formula is C20H18F2N2O3. The van der Waals surface area contributed by atoms with Gasteiger partial charge < -0.3 is 10.1 Å². The Morgan fingerprint density at radius 3 is 2.26 bits per heavy atom. The summed E-state index contributed by atoms with van der Waals surface area (Å²) in [4.78, 5) is 25.3. The number of hydrogen-bond donors (Lipinski definition) is 1. The van der Waals surface area contributed by atoms with E-state index in [2.05, 4.69) is 10.1 Å². The van der Waals surface area contributed by atoms with Crippen LogP contribution >= 0.6 is 0 Å². The maximum absolute atomic E-state index is 12.8. The summed E-state index contributed by atoms with van der Waals surface area (Å²) < 4.78 is 29.4. The quantitative estimate of drug-likeness (QED) is 0.750. The number of Topliss-reactive ketones (excluding diaryl/α,β-unsaturated/α-hetero) is 1. The predicted molar refractivity (Wildman–Crippen MR) is 94.7 cm³/mol. The Hall–Kier alpha value is -3.27. The molecule has 2 rings (SSSR count). The number of alkyl halides is 2. The number of halogens is 2. The highest BCUT2D eigenvalue weighted by Gasteiger charge is 2.27. The second kappa shape index (κ2) is 8.90. The molecular weight excluding hydrogens is 354 g/mol. The lowest BCUT2D eigenvalue weighted by atomic mass is 9.94. The van der Waals surface area contributed by atoms with Gasteiger partial charge in [0.15, 0.2) is 5.78 Å². The maximum atomic E-state index is 12.8. The van der Waals surface area contributed by atoms with E-state index in [1.807, 2.05) is 6.07 Å². The van der Waals surface area contributed by atoms with Gasteiger partial charge in [-0.2, -0.15) is 14.0 Å². The number of nitriles is 1. The van der Waals surface area contributed by atoms with Crippen LogP contribution in [0.3, 0.4) is 0 Å². The number of benzene rings is 2. The third-order valence-electron chi connectivity index (χ3n) is 3.88. The number of amides is 1. The first kappa shape index (κ1) is 20.0.